The maximum Gasteiger partial charge on any atom is 0.253 e. The number of amides is 1. The third-order valence-electron chi connectivity index (χ3n) is 5.20. The van der Waals surface area contributed by atoms with E-state index in [9.17, 15) is 4.79 Å². The van der Waals surface area contributed by atoms with Crippen molar-refractivity contribution in [1.82, 2.24) is 19.4 Å². The van der Waals surface area contributed by atoms with Gasteiger partial charge in [-0.1, -0.05) is 23.8 Å². The van der Waals surface area contributed by atoms with Gasteiger partial charge in [-0.15, -0.1) is 0 Å². The van der Waals surface area contributed by atoms with Crippen LogP contribution in [0.15, 0.2) is 61.2 Å². The Hall–Kier alpha value is -2.95. The Morgan fingerprint density at radius 1 is 1.19 bits per heavy atom. The summed E-state index contributed by atoms with van der Waals surface area (Å²) >= 11 is 0. The minimum absolute atomic E-state index is 0.116. The summed E-state index contributed by atoms with van der Waals surface area (Å²) in [5.41, 5.74) is 3.08. The summed E-state index contributed by atoms with van der Waals surface area (Å²) in [5, 5.41) is 0. The molecular formula is C22H24N4O. The first-order chi connectivity index (χ1) is 13.2. The van der Waals surface area contributed by atoms with Crippen LogP contribution >= 0.6 is 0 Å². The van der Waals surface area contributed by atoms with Gasteiger partial charge in [0.05, 0.1) is 6.54 Å². The van der Waals surface area contributed by atoms with E-state index in [1.165, 1.54) is 5.56 Å². The number of pyridine rings is 1. The van der Waals surface area contributed by atoms with E-state index in [0.29, 0.717) is 0 Å². The largest absolute Gasteiger partial charge is 0.338 e. The van der Waals surface area contributed by atoms with E-state index < -0.39 is 0 Å². The van der Waals surface area contributed by atoms with E-state index in [4.69, 9.17) is 0 Å². The lowest BCUT2D eigenvalue weighted by Gasteiger charge is -2.33. The number of carbonyl (C=O) groups is 1. The first-order valence-electron chi connectivity index (χ1n) is 9.46. The zero-order valence-corrected chi connectivity index (χ0v) is 15.6. The van der Waals surface area contributed by atoms with E-state index in [1.807, 2.05) is 60.7 Å². The summed E-state index contributed by atoms with van der Waals surface area (Å²) in [4.78, 5) is 23.7. The Labute approximate surface area is 159 Å². The predicted octanol–water partition coefficient (Wildman–Crippen LogP) is 3.65. The van der Waals surface area contributed by atoms with Gasteiger partial charge >= 0.3 is 0 Å². The maximum atomic E-state index is 12.9. The van der Waals surface area contributed by atoms with Gasteiger partial charge in [0.15, 0.2) is 0 Å². The predicted molar refractivity (Wildman–Crippen MR) is 105 cm³/mol. The van der Waals surface area contributed by atoms with Gasteiger partial charge in [-0.05, 0) is 43.5 Å². The van der Waals surface area contributed by atoms with Crippen LogP contribution in [0.1, 0.15) is 46.1 Å². The minimum Gasteiger partial charge on any atom is -0.338 e. The minimum atomic E-state index is 0.116. The molecule has 0 saturated carbocycles. The molecule has 3 aromatic rings. The van der Waals surface area contributed by atoms with Gasteiger partial charge in [-0.2, -0.15) is 0 Å². The molecule has 5 nitrogen and oxygen atoms in total. The number of hydrogen-bond donors (Lipinski definition) is 0. The Balaban J connectivity index is 1.50. The number of piperidine rings is 1. The molecule has 1 fully saturated rings. The van der Waals surface area contributed by atoms with E-state index in [0.717, 1.165) is 49.4 Å². The van der Waals surface area contributed by atoms with E-state index in [-0.39, 0.29) is 11.8 Å². The second kappa shape index (κ2) is 7.74. The van der Waals surface area contributed by atoms with Crippen molar-refractivity contribution in [1.29, 1.82) is 0 Å². The molecule has 138 valence electrons. The van der Waals surface area contributed by atoms with Crippen LogP contribution in [0, 0.1) is 6.92 Å². The fourth-order valence-electron chi connectivity index (χ4n) is 3.75. The third kappa shape index (κ3) is 3.92. The highest BCUT2D eigenvalue weighted by atomic mass is 16.2. The monoisotopic (exact) mass is 360 g/mol. The average Bonchev–Trinajstić information content (AvgIpc) is 3.17. The quantitative estimate of drug-likeness (QED) is 0.713. The molecule has 1 saturated heterocycles. The van der Waals surface area contributed by atoms with Crippen LogP contribution in [0.25, 0.3) is 0 Å². The molecule has 27 heavy (non-hydrogen) atoms. The standard InChI is InChI=1S/C22H24N4O/c1-17-6-8-19(9-7-17)22(27)26-12-3-5-20(16-26)21-24-11-13-25(21)15-18-4-2-10-23-14-18/h2,4,6-11,13-14,20H,3,5,12,15-16H2,1H3/t20-/m1/s1. The van der Waals surface area contributed by atoms with Crippen molar-refractivity contribution in [3.63, 3.8) is 0 Å². The van der Waals surface area contributed by atoms with Crippen molar-refractivity contribution in [3.05, 3.63) is 83.7 Å². The smallest absolute Gasteiger partial charge is 0.253 e. The molecule has 1 atom stereocenters. The summed E-state index contributed by atoms with van der Waals surface area (Å²) in [6, 6.07) is 11.9. The Bertz CT molecular complexity index is 902. The summed E-state index contributed by atoms with van der Waals surface area (Å²) < 4.78 is 2.18. The highest BCUT2D eigenvalue weighted by Crippen LogP contribution is 2.27. The number of benzene rings is 1. The zero-order valence-electron chi connectivity index (χ0n) is 15.6. The SMILES string of the molecule is Cc1ccc(C(=O)N2CCC[C@@H](c3nccn3Cc3cccnc3)C2)cc1. The fraction of sp³-hybridized carbons (Fsp3) is 0.318. The van der Waals surface area contributed by atoms with Crippen molar-refractivity contribution < 1.29 is 4.79 Å². The molecule has 3 heterocycles. The summed E-state index contributed by atoms with van der Waals surface area (Å²) in [6.45, 7) is 4.32. The third-order valence-corrected chi connectivity index (χ3v) is 5.20. The number of nitrogens with zero attached hydrogens (tertiary/aromatic N) is 4. The van der Waals surface area contributed by atoms with Crippen LogP contribution in [0.5, 0.6) is 0 Å². The molecule has 5 heteroatoms. The van der Waals surface area contributed by atoms with Gasteiger partial charge in [0, 0.05) is 49.4 Å². The highest BCUT2D eigenvalue weighted by Gasteiger charge is 2.28. The topological polar surface area (TPSA) is 51.0 Å². The fourth-order valence-corrected chi connectivity index (χ4v) is 3.75. The first kappa shape index (κ1) is 17.5. The molecule has 1 aromatic carbocycles. The van der Waals surface area contributed by atoms with E-state index >= 15 is 0 Å². The number of aryl methyl sites for hydroxylation is 1. The second-order valence-electron chi connectivity index (χ2n) is 7.23. The molecule has 1 amide bonds. The Kier molecular flexibility index (Phi) is 5.01. The maximum absolute atomic E-state index is 12.9. The van der Waals surface area contributed by atoms with Crippen LogP contribution in [0.3, 0.4) is 0 Å². The molecule has 1 aliphatic rings. The molecule has 0 bridgehead atoms. The van der Waals surface area contributed by atoms with Gasteiger partial charge in [-0.25, -0.2) is 4.98 Å². The van der Waals surface area contributed by atoms with E-state index in [2.05, 4.69) is 20.6 Å². The number of imidazole rings is 1. The van der Waals surface area contributed by atoms with Crippen molar-refractivity contribution in [2.75, 3.05) is 13.1 Å². The zero-order chi connectivity index (χ0) is 18.6. The lowest BCUT2D eigenvalue weighted by molar-refractivity contribution is 0.0703. The van der Waals surface area contributed by atoms with Gasteiger partial charge < -0.3 is 9.47 Å². The number of rotatable bonds is 4. The van der Waals surface area contributed by atoms with Crippen molar-refractivity contribution in [3.8, 4) is 0 Å². The van der Waals surface area contributed by atoms with Crippen LogP contribution in [-0.2, 0) is 6.54 Å². The molecule has 0 radical (unpaired) electrons. The lowest BCUT2D eigenvalue weighted by atomic mass is 9.96. The van der Waals surface area contributed by atoms with Gasteiger partial charge in [0.25, 0.3) is 5.91 Å². The molecule has 4 rings (SSSR count). The van der Waals surface area contributed by atoms with Gasteiger partial charge in [0.2, 0.25) is 0 Å². The second-order valence-corrected chi connectivity index (χ2v) is 7.23. The first-order valence-corrected chi connectivity index (χ1v) is 9.46. The van der Waals surface area contributed by atoms with E-state index in [1.54, 1.807) is 6.20 Å². The van der Waals surface area contributed by atoms with Crippen molar-refractivity contribution >= 4 is 5.91 Å². The molecule has 1 aliphatic heterocycles. The number of likely N-dealkylation sites (tertiary alicyclic amines) is 1. The number of hydrogen-bond acceptors (Lipinski definition) is 3. The molecule has 0 unspecified atom stereocenters. The normalized spacial score (nSPS) is 17.1. The Morgan fingerprint density at radius 2 is 2.04 bits per heavy atom. The van der Waals surface area contributed by atoms with Crippen LogP contribution in [-0.4, -0.2) is 38.4 Å². The summed E-state index contributed by atoms with van der Waals surface area (Å²) in [7, 11) is 0. The number of aromatic nitrogens is 3. The average molecular weight is 360 g/mol. The molecule has 0 aliphatic carbocycles. The number of carbonyl (C=O) groups excluding carboxylic acids is 1. The lowest BCUT2D eigenvalue weighted by Crippen LogP contribution is -2.39. The Morgan fingerprint density at radius 3 is 2.81 bits per heavy atom. The van der Waals surface area contributed by atoms with Crippen molar-refractivity contribution in [2.24, 2.45) is 0 Å². The highest BCUT2D eigenvalue weighted by molar-refractivity contribution is 5.94. The van der Waals surface area contributed by atoms with Crippen LogP contribution < -0.4 is 0 Å². The summed E-state index contributed by atoms with van der Waals surface area (Å²) in [5.74, 6) is 1.44. The van der Waals surface area contributed by atoms with Gasteiger partial charge in [-0.3, -0.25) is 9.78 Å². The molecule has 2 aromatic heterocycles. The van der Waals surface area contributed by atoms with Gasteiger partial charge in [0.1, 0.15) is 5.82 Å². The molecular weight excluding hydrogens is 336 g/mol. The molecule has 0 spiro atoms. The molecule has 0 N–H and O–H groups in total. The van der Waals surface area contributed by atoms with Crippen molar-refractivity contribution in [2.45, 2.75) is 32.2 Å². The van der Waals surface area contributed by atoms with Crippen LogP contribution in [0.2, 0.25) is 0 Å². The summed E-state index contributed by atoms with van der Waals surface area (Å²) in [6.07, 6.45) is 9.60. The van der Waals surface area contributed by atoms with Crippen LogP contribution in [0.4, 0.5) is 0 Å².